The third kappa shape index (κ3) is 2.60. The van der Waals surface area contributed by atoms with Crippen LogP contribution in [0.5, 0.6) is 0 Å². The lowest BCUT2D eigenvalue weighted by Crippen LogP contribution is -2.66. The molecule has 134 valence electrons. The number of aromatic nitrogens is 6. The highest BCUT2D eigenvalue weighted by molar-refractivity contribution is 5.13. The van der Waals surface area contributed by atoms with Crippen LogP contribution in [-0.4, -0.2) is 41.3 Å². The van der Waals surface area contributed by atoms with Gasteiger partial charge in [-0.15, -0.1) is 10.2 Å². The number of tetrazole rings is 1. The van der Waals surface area contributed by atoms with Crippen LogP contribution in [-0.2, 0) is 12.1 Å². The monoisotopic (exact) mass is 341 g/mol. The summed E-state index contributed by atoms with van der Waals surface area (Å²) in [5, 5.41) is 17.2. The third-order valence-corrected chi connectivity index (χ3v) is 6.56. The lowest BCUT2D eigenvalue weighted by atomic mass is 9.50. The molecule has 7 nitrogen and oxygen atoms in total. The lowest BCUT2D eigenvalue weighted by molar-refractivity contribution is -0.0881. The first-order valence-electron chi connectivity index (χ1n) is 9.55. The summed E-state index contributed by atoms with van der Waals surface area (Å²) < 4.78 is 2.16. The SMILES string of the molecule is Cc1nnn(C23C[C@@H]4C[C@@H](CC(N[C@@H](C)Cn5ccnc5)(C4)C2)C3)n1. The van der Waals surface area contributed by atoms with Crippen molar-refractivity contribution in [3.63, 3.8) is 0 Å². The molecule has 0 saturated heterocycles. The average molecular weight is 341 g/mol. The number of nitrogens with zero attached hydrogens (tertiary/aromatic N) is 6. The molecule has 2 unspecified atom stereocenters. The summed E-state index contributed by atoms with van der Waals surface area (Å²) in [4.78, 5) is 6.13. The number of imidazole rings is 1. The van der Waals surface area contributed by atoms with E-state index in [2.05, 4.69) is 37.2 Å². The van der Waals surface area contributed by atoms with Crippen molar-refractivity contribution in [3.8, 4) is 0 Å². The minimum absolute atomic E-state index is 0.0765. The second-order valence-corrected chi connectivity index (χ2v) is 8.90. The van der Waals surface area contributed by atoms with Crippen molar-refractivity contribution in [2.75, 3.05) is 0 Å². The molecule has 0 radical (unpaired) electrons. The second kappa shape index (κ2) is 5.37. The highest BCUT2D eigenvalue weighted by Gasteiger charge is 2.59. The van der Waals surface area contributed by atoms with Gasteiger partial charge in [0.2, 0.25) is 0 Å². The van der Waals surface area contributed by atoms with Gasteiger partial charge in [0.25, 0.3) is 0 Å². The highest BCUT2D eigenvalue weighted by atomic mass is 15.6. The van der Waals surface area contributed by atoms with Gasteiger partial charge in [0.1, 0.15) is 0 Å². The van der Waals surface area contributed by atoms with Crippen LogP contribution in [0.25, 0.3) is 0 Å². The molecule has 7 heteroatoms. The molecule has 6 rings (SSSR count). The van der Waals surface area contributed by atoms with Crippen LogP contribution in [0.15, 0.2) is 18.7 Å². The van der Waals surface area contributed by atoms with Gasteiger partial charge in [0.15, 0.2) is 5.82 Å². The Balaban J connectivity index is 1.40. The zero-order chi connectivity index (χ0) is 17.1. The summed E-state index contributed by atoms with van der Waals surface area (Å²) in [6.07, 6.45) is 13.4. The van der Waals surface area contributed by atoms with Gasteiger partial charge in [-0.2, -0.15) is 4.80 Å². The molecule has 4 saturated carbocycles. The number of hydrogen-bond donors (Lipinski definition) is 1. The zero-order valence-electron chi connectivity index (χ0n) is 15.1. The van der Waals surface area contributed by atoms with Crippen LogP contribution in [0.4, 0.5) is 0 Å². The molecule has 5 atom stereocenters. The Morgan fingerprint density at radius 3 is 2.72 bits per heavy atom. The predicted molar refractivity (Wildman–Crippen MR) is 92.8 cm³/mol. The molecular formula is C18H27N7. The minimum atomic E-state index is 0.0765. The van der Waals surface area contributed by atoms with E-state index < -0.39 is 0 Å². The average Bonchev–Trinajstić information content (AvgIpc) is 3.17. The molecule has 0 aromatic carbocycles. The van der Waals surface area contributed by atoms with E-state index in [1.165, 1.54) is 32.1 Å². The molecule has 0 spiro atoms. The minimum Gasteiger partial charge on any atom is -0.336 e. The Kier molecular flexibility index (Phi) is 3.33. The molecule has 0 aliphatic heterocycles. The Labute approximate surface area is 148 Å². The summed E-state index contributed by atoms with van der Waals surface area (Å²) in [7, 11) is 0. The lowest BCUT2D eigenvalue weighted by Gasteiger charge is -2.62. The summed E-state index contributed by atoms with van der Waals surface area (Å²) in [5.41, 5.74) is 0.304. The maximum Gasteiger partial charge on any atom is 0.171 e. The predicted octanol–water partition coefficient (Wildman–Crippen LogP) is 1.90. The van der Waals surface area contributed by atoms with Crippen LogP contribution in [0, 0.1) is 18.8 Å². The van der Waals surface area contributed by atoms with Crippen molar-refractivity contribution in [1.29, 1.82) is 0 Å². The third-order valence-electron chi connectivity index (χ3n) is 6.56. The van der Waals surface area contributed by atoms with Gasteiger partial charge in [-0.3, -0.25) is 0 Å². The molecule has 25 heavy (non-hydrogen) atoms. The summed E-state index contributed by atoms with van der Waals surface area (Å²) in [6.45, 7) is 5.19. The van der Waals surface area contributed by atoms with Crippen LogP contribution in [0.3, 0.4) is 0 Å². The van der Waals surface area contributed by atoms with Crippen molar-refractivity contribution in [1.82, 2.24) is 35.1 Å². The standard InChI is InChI=1S/C18H27N7/c1-13(10-24-4-3-19-12-24)20-17-6-15-5-16(7-17)9-18(8-15,11-17)25-22-14(2)21-23-25/h3-4,12-13,15-16,20H,5-11H2,1-2H3/t13-,15-,16+,17?,18?/m0/s1. The molecule has 2 aromatic heterocycles. The fraction of sp³-hybridized carbons (Fsp3) is 0.778. The number of aryl methyl sites for hydroxylation is 1. The van der Waals surface area contributed by atoms with E-state index in [9.17, 15) is 0 Å². The Morgan fingerprint density at radius 2 is 2.08 bits per heavy atom. The summed E-state index contributed by atoms with van der Waals surface area (Å²) in [6, 6.07) is 0.424. The molecule has 1 N–H and O–H groups in total. The van der Waals surface area contributed by atoms with E-state index in [4.69, 9.17) is 0 Å². The van der Waals surface area contributed by atoms with Gasteiger partial charge >= 0.3 is 0 Å². The second-order valence-electron chi connectivity index (χ2n) is 8.90. The molecule has 4 fully saturated rings. The maximum atomic E-state index is 4.63. The van der Waals surface area contributed by atoms with Crippen LogP contribution in [0.1, 0.15) is 51.3 Å². The zero-order valence-corrected chi connectivity index (χ0v) is 15.1. The van der Waals surface area contributed by atoms with Crippen molar-refractivity contribution in [2.24, 2.45) is 11.8 Å². The van der Waals surface area contributed by atoms with Crippen molar-refractivity contribution >= 4 is 0 Å². The van der Waals surface area contributed by atoms with E-state index in [0.717, 1.165) is 30.6 Å². The van der Waals surface area contributed by atoms with Crippen LogP contribution < -0.4 is 5.32 Å². The van der Waals surface area contributed by atoms with E-state index in [0.29, 0.717) is 6.04 Å². The van der Waals surface area contributed by atoms with Gasteiger partial charge in [0.05, 0.1) is 11.9 Å². The molecule has 0 amide bonds. The number of rotatable bonds is 5. The molecule has 2 heterocycles. The van der Waals surface area contributed by atoms with Gasteiger partial charge in [-0.25, -0.2) is 4.98 Å². The highest BCUT2D eigenvalue weighted by Crippen LogP contribution is 2.60. The van der Waals surface area contributed by atoms with Gasteiger partial charge in [-0.1, -0.05) is 0 Å². The first kappa shape index (κ1) is 15.5. The first-order valence-corrected chi connectivity index (χ1v) is 9.55. The number of nitrogens with one attached hydrogen (secondary N) is 1. The fourth-order valence-electron chi connectivity index (χ4n) is 6.38. The fourth-order valence-corrected chi connectivity index (χ4v) is 6.38. The maximum absolute atomic E-state index is 4.63. The normalized spacial score (nSPS) is 37.5. The van der Waals surface area contributed by atoms with Gasteiger partial charge < -0.3 is 9.88 Å². The Bertz CT molecular complexity index is 735. The van der Waals surface area contributed by atoms with Crippen molar-refractivity contribution in [3.05, 3.63) is 24.5 Å². The topological polar surface area (TPSA) is 73.5 Å². The largest absolute Gasteiger partial charge is 0.336 e. The van der Waals surface area contributed by atoms with Crippen molar-refractivity contribution < 1.29 is 0 Å². The molecule has 4 aliphatic carbocycles. The smallest absolute Gasteiger partial charge is 0.171 e. The van der Waals surface area contributed by atoms with E-state index in [1.54, 1.807) is 0 Å². The van der Waals surface area contributed by atoms with Crippen molar-refractivity contribution in [2.45, 2.75) is 76.0 Å². The van der Waals surface area contributed by atoms with E-state index in [1.807, 2.05) is 30.4 Å². The molecule has 2 aromatic rings. The van der Waals surface area contributed by atoms with E-state index in [-0.39, 0.29) is 11.1 Å². The number of hydrogen-bond acceptors (Lipinski definition) is 5. The quantitative estimate of drug-likeness (QED) is 0.899. The van der Waals surface area contributed by atoms with E-state index >= 15 is 0 Å². The Hall–Kier alpha value is -1.76. The first-order chi connectivity index (χ1) is 12.0. The van der Waals surface area contributed by atoms with Crippen LogP contribution in [0.2, 0.25) is 0 Å². The molecule has 4 aliphatic rings. The Morgan fingerprint density at radius 1 is 1.28 bits per heavy atom. The van der Waals surface area contributed by atoms with Gasteiger partial charge in [-0.05, 0) is 69.4 Å². The molecular weight excluding hydrogens is 314 g/mol. The summed E-state index contributed by atoms with van der Waals surface area (Å²) in [5.74, 6) is 2.37. The molecule has 4 bridgehead atoms. The van der Waals surface area contributed by atoms with Crippen LogP contribution >= 0.6 is 0 Å². The summed E-state index contributed by atoms with van der Waals surface area (Å²) >= 11 is 0. The van der Waals surface area contributed by atoms with Gasteiger partial charge in [0, 0.05) is 30.5 Å².